The summed E-state index contributed by atoms with van der Waals surface area (Å²) in [5.74, 6) is -0.512. The Morgan fingerprint density at radius 3 is 2.45 bits per heavy atom. The second-order valence-corrected chi connectivity index (χ2v) is 6.94. The fourth-order valence-electron chi connectivity index (χ4n) is 3.60. The molecule has 4 rings (SSSR count). The van der Waals surface area contributed by atoms with Crippen LogP contribution in [0.3, 0.4) is 0 Å². The van der Waals surface area contributed by atoms with Gasteiger partial charge in [-0.15, -0.1) is 0 Å². The lowest BCUT2D eigenvalue weighted by Gasteiger charge is -2.22. The van der Waals surface area contributed by atoms with Gasteiger partial charge in [-0.3, -0.25) is 4.79 Å². The van der Waals surface area contributed by atoms with Crippen LogP contribution in [0.4, 0.5) is 4.39 Å². The summed E-state index contributed by atoms with van der Waals surface area (Å²) in [5.41, 5.74) is 2.09. The summed E-state index contributed by atoms with van der Waals surface area (Å²) in [6.45, 7) is 0. The Bertz CT molecular complexity index is 1160. The van der Waals surface area contributed by atoms with Gasteiger partial charge in [-0.1, -0.05) is 72.8 Å². The standard InChI is InChI=1S/C25H20FNO2/c26-20-11-6-7-17(15-20)16-23(29)27-25(19-9-2-1-3-10-19)24-21-12-5-4-8-18(21)13-14-22(24)28/h1-15,25,28H,16H2,(H,27,29). The first-order valence-electron chi connectivity index (χ1n) is 9.41. The van der Waals surface area contributed by atoms with Crippen molar-refractivity contribution < 1.29 is 14.3 Å². The minimum Gasteiger partial charge on any atom is -0.508 e. The van der Waals surface area contributed by atoms with Crippen molar-refractivity contribution in [2.45, 2.75) is 12.5 Å². The maximum Gasteiger partial charge on any atom is 0.225 e. The van der Waals surface area contributed by atoms with E-state index in [0.717, 1.165) is 16.3 Å². The molecule has 0 fully saturated rings. The number of halogens is 1. The number of phenols is 1. The molecule has 0 bridgehead atoms. The summed E-state index contributed by atoms with van der Waals surface area (Å²) < 4.78 is 13.5. The van der Waals surface area contributed by atoms with E-state index in [1.54, 1.807) is 18.2 Å². The van der Waals surface area contributed by atoms with Crippen molar-refractivity contribution in [1.29, 1.82) is 0 Å². The Kier molecular flexibility index (Phi) is 5.25. The molecule has 1 unspecified atom stereocenters. The lowest BCUT2D eigenvalue weighted by Crippen LogP contribution is -2.30. The van der Waals surface area contributed by atoms with E-state index in [1.165, 1.54) is 12.1 Å². The van der Waals surface area contributed by atoms with Crippen molar-refractivity contribution in [3.8, 4) is 5.75 Å². The second-order valence-electron chi connectivity index (χ2n) is 6.94. The van der Waals surface area contributed by atoms with Crippen molar-refractivity contribution in [1.82, 2.24) is 5.32 Å². The number of carbonyl (C=O) groups is 1. The SMILES string of the molecule is O=C(Cc1cccc(F)c1)NC(c1ccccc1)c1c(O)ccc2ccccc12. The topological polar surface area (TPSA) is 49.3 Å². The normalized spacial score (nSPS) is 11.9. The van der Waals surface area contributed by atoms with Crippen molar-refractivity contribution in [2.24, 2.45) is 0 Å². The maximum absolute atomic E-state index is 13.5. The molecule has 0 heterocycles. The molecule has 29 heavy (non-hydrogen) atoms. The molecular formula is C25H20FNO2. The average molecular weight is 385 g/mol. The molecule has 0 saturated carbocycles. The van der Waals surface area contributed by atoms with E-state index in [9.17, 15) is 14.3 Å². The van der Waals surface area contributed by atoms with Gasteiger partial charge in [-0.25, -0.2) is 4.39 Å². The van der Waals surface area contributed by atoms with Gasteiger partial charge < -0.3 is 10.4 Å². The van der Waals surface area contributed by atoms with Crippen LogP contribution >= 0.6 is 0 Å². The molecule has 0 radical (unpaired) electrons. The van der Waals surface area contributed by atoms with Crippen molar-refractivity contribution in [3.63, 3.8) is 0 Å². The van der Waals surface area contributed by atoms with Crippen LogP contribution in [0.15, 0.2) is 91.0 Å². The van der Waals surface area contributed by atoms with Crippen molar-refractivity contribution >= 4 is 16.7 Å². The van der Waals surface area contributed by atoms with Crippen LogP contribution in [0.2, 0.25) is 0 Å². The summed E-state index contributed by atoms with van der Waals surface area (Å²) in [4.78, 5) is 12.8. The monoisotopic (exact) mass is 385 g/mol. The summed E-state index contributed by atoms with van der Waals surface area (Å²) in [5, 5.41) is 15.5. The van der Waals surface area contributed by atoms with E-state index in [1.807, 2.05) is 60.7 Å². The predicted octanol–water partition coefficient (Wildman–Crippen LogP) is 5.13. The van der Waals surface area contributed by atoms with Gasteiger partial charge in [0.2, 0.25) is 5.91 Å². The molecule has 3 nitrogen and oxygen atoms in total. The molecule has 1 atom stereocenters. The van der Waals surface area contributed by atoms with Crippen LogP contribution in [0, 0.1) is 5.82 Å². The molecule has 0 spiro atoms. The Labute approximate surface area is 168 Å². The molecule has 4 aromatic carbocycles. The van der Waals surface area contributed by atoms with E-state index in [4.69, 9.17) is 0 Å². The van der Waals surface area contributed by atoms with Gasteiger partial charge in [-0.05, 0) is 40.1 Å². The van der Waals surface area contributed by atoms with Gasteiger partial charge in [0.15, 0.2) is 0 Å². The van der Waals surface area contributed by atoms with E-state index in [2.05, 4.69) is 5.32 Å². The Hall–Kier alpha value is -3.66. The first kappa shape index (κ1) is 18.7. The number of aromatic hydroxyl groups is 1. The number of benzene rings is 4. The lowest BCUT2D eigenvalue weighted by molar-refractivity contribution is -0.120. The molecule has 0 aliphatic carbocycles. The van der Waals surface area contributed by atoms with E-state index in [-0.39, 0.29) is 23.9 Å². The number of rotatable bonds is 5. The quantitative estimate of drug-likeness (QED) is 0.500. The molecule has 4 aromatic rings. The van der Waals surface area contributed by atoms with Crippen molar-refractivity contribution in [3.05, 3.63) is 114 Å². The number of phenolic OH excluding ortho intramolecular Hbond substituents is 1. The number of carbonyl (C=O) groups excluding carboxylic acids is 1. The molecule has 1 amide bonds. The largest absolute Gasteiger partial charge is 0.508 e. The van der Waals surface area contributed by atoms with Gasteiger partial charge in [0.25, 0.3) is 0 Å². The molecule has 0 aromatic heterocycles. The second kappa shape index (κ2) is 8.15. The van der Waals surface area contributed by atoms with E-state index in [0.29, 0.717) is 11.1 Å². The van der Waals surface area contributed by atoms with Crippen LogP contribution in [0.5, 0.6) is 5.75 Å². The highest BCUT2D eigenvalue weighted by molar-refractivity contribution is 5.89. The molecular weight excluding hydrogens is 365 g/mol. The fourth-order valence-corrected chi connectivity index (χ4v) is 3.60. The van der Waals surface area contributed by atoms with Crippen LogP contribution in [0.25, 0.3) is 10.8 Å². The summed E-state index contributed by atoms with van der Waals surface area (Å²) >= 11 is 0. The highest BCUT2D eigenvalue weighted by Gasteiger charge is 2.22. The highest BCUT2D eigenvalue weighted by atomic mass is 19.1. The zero-order valence-electron chi connectivity index (χ0n) is 15.7. The van der Waals surface area contributed by atoms with Crippen molar-refractivity contribution in [2.75, 3.05) is 0 Å². The van der Waals surface area contributed by atoms with Gasteiger partial charge in [0, 0.05) is 5.56 Å². The third-order valence-corrected chi connectivity index (χ3v) is 4.93. The smallest absolute Gasteiger partial charge is 0.225 e. The Morgan fingerprint density at radius 1 is 0.897 bits per heavy atom. The maximum atomic E-state index is 13.5. The Morgan fingerprint density at radius 2 is 1.66 bits per heavy atom. The zero-order valence-corrected chi connectivity index (χ0v) is 15.7. The minimum absolute atomic E-state index is 0.0482. The average Bonchev–Trinajstić information content (AvgIpc) is 2.73. The number of amides is 1. The van der Waals surface area contributed by atoms with E-state index < -0.39 is 6.04 Å². The van der Waals surface area contributed by atoms with Crippen LogP contribution in [0.1, 0.15) is 22.7 Å². The van der Waals surface area contributed by atoms with Crippen LogP contribution < -0.4 is 5.32 Å². The Balaban J connectivity index is 1.74. The summed E-state index contributed by atoms with van der Waals surface area (Å²) in [7, 11) is 0. The lowest BCUT2D eigenvalue weighted by atomic mass is 9.92. The third kappa shape index (κ3) is 4.11. The summed E-state index contributed by atoms with van der Waals surface area (Å²) in [6, 6.07) is 26.2. The van der Waals surface area contributed by atoms with Gasteiger partial charge in [0.05, 0.1) is 12.5 Å². The minimum atomic E-state index is -0.539. The fraction of sp³-hybridized carbons (Fsp3) is 0.0800. The number of fused-ring (bicyclic) bond motifs is 1. The zero-order chi connectivity index (χ0) is 20.2. The number of hydrogen-bond donors (Lipinski definition) is 2. The molecule has 4 heteroatoms. The number of nitrogens with one attached hydrogen (secondary N) is 1. The third-order valence-electron chi connectivity index (χ3n) is 4.93. The van der Waals surface area contributed by atoms with Crippen LogP contribution in [-0.4, -0.2) is 11.0 Å². The van der Waals surface area contributed by atoms with Gasteiger partial charge in [0.1, 0.15) is 11.6 Å². The molecule has 144 valence electrons. The van der Waals surface area contributed by atoms with Gasteiger partial charge >= 0.3 is 0 Å². The molecule has 0 aliphatic heterocycles. The highest BCUT2D eigenvalue weighted by Crippen LogP contribution is 2.35. The first-order valence-corrected chi connectivity index (χ1v) is 9.41. The van der Waals surface area contributed by atoms with E-state index >= 15 is 0 Å². The molecule has 2 N–H and O–H groups in total. The predicted molar refractivity (Wildman–Crippen MR) is 112 cm³/mol. The van der Waals surface area contributed by atoms with Gasteiger partial charge in [-0.2, -0.15) is 0 Å². The first-order chi connectivity index (χ1) is 14.1. The number of hydrogen-bond acceptors (Lipinski definition) is 2. The molecule has 0 saturated heterocycles. The molecule has 0 aliphatic rings. The van der Waals surface area contributed by atoms with Crippen LogP contribution in [-0.2, 0) is 11.2 Å². The summed E-state index contributed by atoms with van der Waals surface area (Å²) in [6.07, 6.45) is 0.0482.